The Morgan fingerprint density at radius 2 is 1.92 bits per heavy atom. The first-order valence-corrected chi connectivity index (χ1v) is 14.1. The van der Waals surface area contributed by atoms with Crippen LogP contribution in [0.1, 0.15) is 41.7 Å². The number of hydrazine groups is 1. The molecule has 0 saturated heterocycles. The van der Waals surface area contributed by atoms with E-state index < -0.39 is 27.3 Å². The molecule has 2 amide bonds. The highest BCUT2D eigenvalue weighted by Gasteiger charge is 2.27. The number of rotatable bonds is 9. The molecule has 10 nitrogen and oxygen atoms in total. The van der Waals surface area contributed by atoms with E-state index in [4.69, 9.17) is 11.6 Å². The van der Waals surface area contributed by atoms with Gasteiger partial charge in [-0.25, -0.2) is 17.8 Å². The number of amides is 2. The molecule has 2 aromatic heterocycles. The molecule has 202 valence electrons. The van der Waals surface area contributed by atoms with Crippen molar-refractivity contribution in [3.63, 3.8) is 0 Å². The van der Waals surface area contributed by atoms with Gasteiger partial charge in [0.2, 0.25) is 15.9 Å². The lowest BCUT2D eigenvalue weighted by atomic mass is 9.87. The number of sulfonamides is 1. The fourth-order valence-electron chi connectivity index (χ4n) is 4.43. The minimum Gasteiger partial charge on any atom is -0.353 e. The first kappa shape index (κ1) is 27.7. The molecular formula is C25H28ClFN6O4S. The molecule has 0 spiro atoms. The molecule has 0 radical (unpaired) electrons. The van der Waals surface area contributed by atoms with Gasteiger partial charge in [-0.3, -0.25) is 20.0 Å². The molecule has 1 fully saturated rings. The number of carbonyl (C=O) groups is 2. The van der Waals surface area contributed by atoms with Crippen LogP contribution in [0, 0.1) is 11.7 Å². The molecule has 0 atom stereocenters. The molecule has 1 saturated carbocycles. The van der Waals surface area contributed by atoms with Crippen molar-refractivity contribution in [1.82, 2.24) is 30.1 Å². The number of halogens is 2. The van der Waals surface area contributed by atoms with Crippen molar-refractivity contribution in [1.29, 1.82) is 0 Å². The SMILES string of the molecule is Cn1cnc(-c2cc(Cl)c(F)c(C(=O)NNS(=O)(=O)CC3CCC(NC(=O)Cc4ccccn4)CC3)c2)c1. The van der Waals surface area contributed by atoms with Gasteiger partial charge in [0, 0.05) is 36.7 Å². The van der Waals surface area contributed by atoms with Gasteiger partial charge in [0.25, 0.3) is 5.91 Å². The van der Waals surface area contributed by atoms with Gasteiger partial charge in [-0.1, -0.05) is 17.7 Å². The third-order valence-corrected chi connectivity index (χ3v) is 7.93. The number of pyridine rings is 1. The summed E-state index contributed by atoms with van der Waals surface area (Å²) in [5, 5.41) is 2.70. The van der Waals surface area contributed by atoms with E-state index in [1.54, 1.807) is 42.5 Å². The summed E-state index contributed by atoms with van der Waals surface area (Å²) >= 11 is 5.96. The monoisotopic (exact) mass is 562 g/mol. The number of aromatic nitrogens is 3. The molecule has 3 aromatic rings. The Morgan fingerprint density at radius 1 is 1.16 bits per heavy atom. The summed E-state index contributed by atoms with van der Waals surface area (Å²) in [6, 6.07) is 7.97. The van der Waals surface area contributed by atoms with E-state index in [2.05, 4.69) is 25.5 Å². The van der Waals surface area contributed by atoms with Crippen molar-refractivity contribution in [3.8, 4) is 11.3 Å². The quantitative estimate of drug-likeness (QED) is 0.343. The molecule has 1 aromatic carbocycles. The lowest BCUT2D eigenvalue weighted by Gasteiger charge is -2.29. The van der Waals surface area contributed by atoms with E-state index >= 15 is 0 Å². The molecule has 0 aliphatic heterocycles. The number of nitrogens with one attached hydrogen (secondary N) is 3. The van der Waals surface area contributed by atoms with Crippen molar-refractivity contribution in [2.45, 2.75) is 38.1 Å². The van der Waals surface area contributed by atoms with E-state index in [0.29, 0.717) is 42.6 Å². The summed E-state index contributed by atoms with van der Waals surface area (Å²) in [5.74, 6) is -2.42. The highest BCUT2D eigenvalue weighted by molar-refractivity contribution is 7.89. The van der Waals surface area contributed by atoms with Gasteiger partial charge in [0.1, 0.15) is 0 Å². The second-order valence-corrected chi connectivity index (χ2v) is 11.5. The van der Waals surface area contributed by atoms with Crippen molar-refractivity contribution in [3.05, 3.63) is 71.2 Å². The van der Waals surface area contributed by atoms with Gasteiger partial charge in [-0.05, 0) is 55.9 Å². The summed E-state index contributed by atoms with van der Waals surface area (Å²) < 4.78 is 41.5. The highest BCUT2D eigenvalue weighted by atomic mass is 35.5. The van der Waals surface area contributed by atoms with Crippen molar-refractivity contribution < 1.29 is 22.4 Å². The van der Waals surface area contributed by atoms with E-state index in [-0.39, 0.29) is 35.1 Å². The Labute approximate surface area is 225 Å². The minimum absolute atomic E-state index is 0.0306. The average molecular weight is 563 g/mol. The van der Waals surface area contributed by atoms with Crippen LogP contribution in [0.15, 0.2) is 49.1 Å². The molecule has 0 bridgehead atoms. The summed E-state index contributed by atoms with van der Waals surface area (Å²) in [7, 11) is -2.14. The van der Waals surface area contributed by atoms with E-state index in [0.717, 1.165) is 0 Å². The van der Waals surface area contributed by atoms with E-state index in [9.17, 15) is 22.4 Å². The second-order valence-electron chi connectivity index (χ2n) is 9.36. The fourth-order valence-corrected chi connectivity index (χ4v) is 5.93. The van der Waals surface area contributed by atoms with E-state index in [1.807, 2.05) is 6.07 Å². The summed E-state index contributed by atoms with van der Waals surface area (Å²) in [6.45, 7) is 0. The zero-order valence-electron chi connectivity index (χ0n) is 20.7. The fraction of sp³-hybridized carbons (Fsp3) is 0.360. The standard InChI is InChI=1S/C25H28ClFN6O4S/c1-33-13-22(29-15-33)17-10-20(24(27)21(26)11-17)25(35)31-32-38(36,37)14-16-5-7-18(8-6-16)30-23(34)12-19-4-2-3-9-28-19/h2-4,9-11,13,15-16,18,32H,5-8,12,14H2,1H3,(H,30,34)(H,31,35). The lowest BCUT2D eigenvalue weighted by molar-refractivity contribution is -0.121. The average Bonchev–Trinajstić information content (AvgIpc) is 3.32. The van der Waals surface area contributed by atoms with Gasteiger partial charge >= 0.3 is 0 Å². The Morgan fingerprint density at radius 3 is 2.58 bits per heavy atom. The van der Waals surface area contributed by atoms with Gasteiger partial charge in [0.15, 0.2) is 5.82 Å². The smallest absolute Gasteiger partial charge is 0.269 e. The summed E-state index contributed by atoms with van der Waals surface area (Å²) in [4.78, 5) is 35.2. The molecular weight excluding hydrogens is 535 g/mol. The number of benzene rings is 1. The maximum absolute atomic E-state index is 14.6. The molecule has 1 aliphatic carbocycles. The number of aryl methyl sites for hydroxylation is 1. The van der Waals surface area contributed by atoms with Crippen LogP contribution in [0.4, 0.5) is 4.39 Å². The predicted molar refractivity (Wildman–Crippen MR) is 140 cm³/mol. The Bertz CT molecular complexity index is 1410. The minimum atomic E-state index is -3.90. The second kappa shape index (κ2) is 12.0. The van der Waals surface area contributed by atoms with Crippen LogP contribution < -0.4 is 15.6 Å². The maximum Gasteiger partial charge on any atom is 0.269 e. The normalized spacial score (nSPS) is 17.7. The van der Waals surface area contributed by atoms with Gasteiger partial charge in [-0.15, -0.1) is 4.83 Å². The first-order chi connectivity index (χ1) is 18.1. The van der Waals surface area contributed by atoms with Crippen molar-refractivity contribution >= 4 is 33.4 Å². The molecule has 13 heteroatoms. The molecule has 4 rings (SSSR count). The van der Waals surface area contributed by atoms with Crippen LogP contribution in [0.2, 0.25) is 5.02 Å². The zero-order chi connectivity index (χ0) is 27.3. The highest BCUT2D eigenvalue weighted by Crippen LogP contribution is 2.27. The Hall–Kier alpha value is -3.35. The Balaban J connectivity index is 1.27. The zero-order valence-corrected chi connectivity index (χ0v) is 22.2. The first-order valence-electron chi connectivity index (χ1n) is 12.1. The molecule has 3 N–H and O–H groups in total. The summed E-state index contributed by atoms with van der Waals surface area (Å²) in [6.07, 6.45) is 7.53. The van der Waals surface area contributed by atoms with Gasteiger partial charge in [-0.2, -0.15) is 0 Å². The molecule has 2 heterocycles. The molecule has 38 heavy (non-hydrogen) atoms. The third-order valence-electron chi connectivity index (χ3n) is 6.33. The van der Waals surface area contributed by atoms with Crippen LogP contribution in [0.5, 0.6) is 0 Å². The maximum atomic E-state index is 14.6. The third kappa shape index (κ3) is 7.36. The van der Waals surface area contributed by atoms with Crippen LogP contribution in [0.3, 0.4) is 0 Å². The number of hydrogen-bond donors (Lipinski definition) is 3. The summed E-state index contributed by atoms with van der Waals surface area (Å²) in [5.41, 5.74) is 3.23. The lowest BCUT2D eigenvalue weighted by Crippen LogP contribution is -2.45. The van der Waals surface area contributed by atoms with E-state index in [1.165, 1.54) is 12.1 Å². The van der Waals surface area contributed by atoms with Gasteiger partial charge in [0.05, 0.1) is 34.8 Å². The topological polar surface area (TPSA) is 135 Å². The number of hydrogen-bond acceptors (Lipinski definition) is 6. The Kier molecular flexibility index (Phi) is 8.75. The van der Waals surface area contributed by atoms with Gasteiger partial charge < -0.3 is 9.88 Å². The largest absolute Gasteiger partial charge is 0.353 e. The predicted octanol–water partition coefficient (Wildman–Crippen LogP) is 2.76. The van der Waals surface area contributed by atoms with Crippen LogP contribution >= 0.6 is 11.6 Å². The van der Waals surface area contributed by atoms with Crippen LogP contribution in [-0.2, 0) is 28.3 Å². The van der Waals surface area contributed by atoms with Crippen molar-refractivity contribution in [2.75, 3.05) is 5.75 Å². The molecule has 1 aliphatic rings. The van der Waals surface area contributed by atoms with Crippen LogP contribution in [-0.4, -0.2) is 46.6 Å². The number of carbonyl (C=O) groups excluding carboxylic acids is 2. The van der Waals surface area contributed by atoms with Crippen LogP contribution in [0.25, 0.3) is 11.3 Å². The molecule has 0 unspecified atom stereocenters. The van der Waals surface area contributed by atoms with Crippen molar-refractivity contribution in [2.24, 2.45) is 13.0 Å². The number of nitrogens with zero attached hydrogens (tertiary/aromatic N) is 3. The number of imidazole rings is 1.